The molecule has 0 radical (unpaired) electrons. The summed E-state index contributed by atoms with van der Waals surface area (Å²) in [6.45, 7) is 3.43. The van der Waals surface area contributed by atoms with Gasteiger partial charge in [-0.3, -0.25) is 14.4 Å². The van der Waals surface area contributed by atoms with Crippen molar-refractivity contribution in [2.75, 3.05) is 11.9 Å². The van der Waals surface area contributed by atoms with Crippen LogP contribution in [0, 0.1) is 13.8 Å². The molecule has 182 valence electrons. The van der Waals surface area contributed by atoms with Gasteiger partial charge in [0.15, 0.2) is 0 Å². The van der Waals surface area contributed by atoms with Crippen molar-refractivity contribution in [3.8, 4) is 5.75 Å². The third-order valence-corrected chi connectivity index (χ3v) is 6.53. The third-order valence-electron chi connectivity index (χ3n) is 6.53. The second kappa shape index (κ2) is 8.96. The Morgan fingerprint density at radius 1 is 0.833 bits per heavy atom. The largest absolute Gasteiger partial charge is 0.425 e. The molecule has 0 saturated carbocycles. The van der Waals surface area contributed by atoms with E-state index in [0.29, 0.717) is 21.9 Å². The second-order valence-electron chi connectivity index (χ2n) is 8.93. The first-order valence-electron chi connectivity index (χ1n) is 11.6. The Balaban J connectivity index is 1.43. The molecule has 0 unspecified atom stereocenters. The first-order valence-corrected chi connectivity index (χ1v) is 11.6. The van der Waals surface area contributed by atoms with Crippen molar-refractivity contribution in [1.29, 1.82) is 0 Å². The molecule has 2 amide bonds. The molecule has 8 nitrogen and oxygen atoms in total. The van der Waals surface area contributed by atoms with E-state index in [9.17, 15) is 19.2 Å². The SMILES string of the molecule is Cc1cc(C(=O)ON2C(=O)CCC2=O)cc(C)c1OC(=O)C1c2ccccc2N(C)c2ccccc21. The number of fused-ring (bicyclic) bond motifs is 2. The number of imide groups is 1. The zero-order valence-corrected chi connectivity index (χ0v) is 20.1. The monoisotopic (exact) mass is 484 g/mol. The molecule has 8 heteroatoms. The van der Waals surface area contributed by atoms with Crippen LogP contribution in [0.1, 0.15) is 51.4 Å². The normalized spacial score (nSPS) is 15.0. The van der Waals surface area contributed by atoms with Crippen LogP contribution in [0.4, 0.5) is 11.4 Å². The van der Waals surface area contributed by atoms with Gasteiger partial charge >= 0.3 is 11.9 Å². The molecule has 2 aliphatic heterocycles. The van der Waals surface area contributed by atoms with Gasteiger partial charge in [-0.05, 0) is 60.4 Å². The second-order valence-corrected chi connectivity index (χ2v) is 8.93. The van der Waals surface area contributed by atoms with Crippen LogP contribution in [-0.4, -0.2) is 35.9 Å². The Labute approximate surface area is 208 Å². The van der Waals surface area contributed by atoms with Crippen molar-refractivity contribution >= 4 is 35.1 Å². The van der Waals surface area contributed by atoms with Crippen LogP contribution in [0.5, 0.6) is 5.75 Å². The number of nitrogens with zero attached hydrogens (tertiary/aromatic N) is 2. The molecular formula is C28H24N2O6. The number of carbonyl (C=O) groups excluding carboxylic acids is 4. The van der Waals surface area contributed by atoms with E-state index in [1.807, 2.05) is 55.6 Å². The predicted molar refractivity (Wildman–Crippen MR) is 131 cm³/mol. The van der Waals surface area contributed by atoms with E-state index in [1.165, 1.54) is 12.1 Å². The number of carbonyl (C=O) groups is 4. The van der Waals surface area contributed by atoms with Gasteiger partial charge in [0.25, 0.3) is 11.8 Å². The predicted octanol–water partition coefficient (Wildman–Crippen LogP) is 4.34. The van der Waals surface area contributed by atoms with Crippen LogP contribution in [0.3, 0.4) is 0 Å². The van der Waals surface area contributed by atoms with Crippen molar-refractivity contribution in [1.82, 2.24) is 5.06 Å². The first-order chi connectivity index (χ1) is 17.3. The van der Waals surface area contributed by atoms with E-state index in [2.05, 4.69) is 4.90 Å². The van der Waals surface area contributed by atoms with Gasteiger partial charge in [0.05, 0.1) is 5.56 Å². The number of hydrogen-bond donors (Lipinski definition) is 0. The Hall–Kier alpha value is -4.46. The quantitative estimate of drug-likeness (QED) is 0.309. The highest BCUT2D eigenvalue weighted by Crippen LogP contribution is 2.45. The molecule has 2 aliphatic rings. The van der Waals surface area contributed by atoms with Crippen molar-refractivity contribution in [3.05, 3.63) is 88.5 Å². The lowest BCUT2D eigenvalue weighted by molar-refractivity contribution is -0.172. The molecule has 36 heavy (non-hydrogen) atoms. The summed E-state index contributed by atoms with van der Waals surface area (Å²) in [5.74, 6) is -2.64. The third kappa shape index (κ3) is 3.90. The Morgan fingerprint density at radius 2 is 1.33 bits per heavy atom. The Bertz CT molecular complexity index is 1340. The number of aryl methyl sites for hydroxylation is 2. The lowest BCUT2D eigenvalue weighted by Crippen LogP contribution is -2.32. The standard InChI is InChI=1S/C28H24N2O6/c1-16-14-18(27(33)36-30-23(31)12-13-24(30)32)15-17(2)26(16)35-28(34)25-19-8-4-6-10-21(19)29(3)22-11-7-5-9-20(22)25/h4-11,14-15,25H,12-13H2,1-3H3. The summed E-state index contributed by atoms with van der Waals surface area (Å²) in [6.07, 6.45) is 0.0323. The van der Waals surface area contributed by atoms with Crippen molar-refractivity contribution in [2.24, 2.45) is 0 Å². The Morgan fingerprint density at radius 3 is 1.86 bits per heavy atom. The van der Waals surface area contributed by atoms with E-state index in [0.717, 1.165) is 22.5 Å². The van der Waals surface area contributed by atoms with Gasteiger partial charge in [0.2, 0.25) is 0 Å². The summed E-state index contributed by atoms with van der Waals surface area (Å²) in [5, 5.41) is 0.510. The molecule has 3 aromatic rings. The maximum Gasteiger partial charge on any atom is 0.363 e. The fourth-order valence-corrected chi connectivity index (χ4v) is 4.81. The lowest BCUT2D eigenvalue weighted by Gasteiger charge is -2.34. The minimum absolute atomic E-state index is 0.0161. The molecule has 0 aliphatic carbocycles. The number of ether oxygens (including phenoxy) is 1. The molecule has 3 aromatic carbocycles. The molecule has 1 saturated heterocycles. The molecule has 2 heterocycles. The van der Waals surface area contributed by atoms with Gasteiger partial charge in [-0.15, -0.1) is 5.06 Å². The number of hydroxylamine groups is 2. The number of rotatable bonds is 4. The number of benzene rings is 3. The van der Waals surface area contributed by atoms with Crippen LogP contribution in [-0.2, 0) is 19.2 Å². The fourth-order valence-electron chi connectivity index (χ4n) is 4.81. The van der Waals surface area contributed by atoms with Crippen LogP contribution >= 0.6 is 0 Å². The first kappa shape index (κ1) is 23.3. The van der Waals surface area contributed by atoms with E-state index >= 15 is 0 Å². The summed E-state index contributed by atoms with van der Waals surface area (Å²) in [6, 6.07) is 18.5. The zero-order chi connectivity index (χ0) is 25.6. The van der Waals surface area contributed by atoms with E-state index in [-0.39, 0.29) is 18.4 Å². The minimum atomic E-state index is -0.833. The van der Waals surface area contributed by atoms with Gasteiger partial charge in [-0.2, -0.15) is 0 Å². The van der Waals surface area contributed by atoms with Gasteiger partial charge in [-0.25, -0.2) is 4.79 Å². The van der Waals surface area contributed by atoms with E-state index in [4.69, 9.17) is 9.57 Å². The number of esters is 1. The van der Waals surface area contributed by atoms with Crippen molar-refractivity contribution < 1.29 is 28.8 Å². The van der Waals surface area contributed by atoms with Crippen molar-refractivity contribution in [2.45, 2.75) is 32.6 Å². The highest BCUT2D eigenvalue weighted by molar-refractivity contribution is 6.03. The molecule has 0 aromatic heterocycles. The molecule has 1 fully saturated rings. The van der Waals surface area contributed by atoms with Gasteiger partial charge < -0.3 is 14.5 Å². The van der Waals surface area contributed by atoms with Crippen molar-refractivity contribution in [3.63, 3.8) is 0 Å². The topological polar surface area (TPSA) is 93.2 Å². The molecule has 5 rings (SSSR count). The highest BCUT2D eigenvalue weighted by Gasteiger charge is 2.36. The summed E-state index contributed by atoms with van der Waals surface area (Å²) in [5.41, 5.74) is 4.78. The van der Waals surface area contributed by atoms with Crippen LogP contribution in [0.15, 0.2) is 60.7 Å². The maximum atomic E-state index is 13.6. The maximum absolute atomic E-state index is 13.6. The van der Waals surface area contributed by atoms with Crippen LogP contribution < -0.4 is 9.64 Å². The molecule has 0 atom stereocenters. The van der Waals surface area contributed by atoms with Crippen LogP contribution in [0.2, 0.25) is 0 Å². The molecule has 0 bridgehead atoms. The van der Waals surface area contributed by atoms with Gasteiger partial charge in [-0.1, -0.05) is 36.4 Å². The van der Waals surface area contributed by atoms with Gasteiger partial charge in [0, 0.05) is 31.3 Å². The smallest absolute Gasteiger partial charge is 0.363 e. The minimum Gasteiger partial charge on any atom is -0.425 e. The number of amides is 2. The van der Waals surface area contributed by atoms with E-state index in [1.54, 1.807) is 13.8 Å². The van der Waals surface area contributed by atoms with E-state index < -0.39 is 29.7 Å². The lowest BCUT2D eigenvalue weighted by atomic mass is 9.85. The molecular weight excluding hydrogens is 460 g/mol. The van der Waals surface area contributed by atoms with Crippen LogP contribution in [0.25, 0.3) is 0 Å². The Kier molecular flexibility index (Phi) is 5.80. The van der Waals surface area contributed by atoms with Gasteiger partial charge in [0.1, 0.15) is 11.7 Å². The summed E-state index contributed by atoms with van der Waals surface area (Å²) in [7, 11) is 1.97. The number of anilines is 2. The average Bonchev–Trinajstić information content (AvgIpc) is 3.18. The number of hydrogen-bond acceptors (Lipinski definition) is 7. The summed E-state index contributed by atoms with van der Waals surface area (Å²) in [4.78, 5) is 56.8. The highest BCUT2D eigenvalue weighted by atomic mass is 16.7. The molecule has 0 N–H and O–H groups in total. The molecule has 0 spiro atoms. The fraction of sp³-hybridized carbons (Fsp3) is 0.214. The number of para-hydroxylation sites is 2. The summed E-state index contributed by atoms with van der Waals surface area (Å²) < 4.78 is 5.94. The average molecular weight is 485 g/mol. The summed E-state index contributed by atoms with van der Waals surface area (Å²) >= 11 is 0. The zero-order valence-electron chi connectivity index (χ0n) is 20.1.